The lowest BCUT2D eigenvalue weighted by Crippen LogP contribution is -2.49. The van der Waals surface area contributed by atoms with Gasteiger partial charge in [-0.25, -0.2) is 4.79 Å². The Hall–Kier alpha value is -1.82. The summed E-state index contributed by atoms with van der Waals surface area (Å²) in [6.45, 7) is 7.47. The lowest BCUT2D eigenvalue weighted by Gasteiger charge is -2.41. The molecule has 1 aromatic heterocycles. The fourth-order valence-corrected chi connectivity index (χ4v) is 4.00. The lowest BCUT2D eigenvalue weighted by atomic mass is 9.88. The van der Waals surface area contributed by atoms with Gasteiger partial charge in [-0.15, -0.1) is 0 Å². The highest BCUT2D eigenvalue weighted by Crippen LogP contribution is 2.30. The number of likely N-dealkylation sites (tertiary alicyclic amines) is 2. The van der Waals surface area contributed by atoms with Crippen molar-refractivity contribution in [2.45, 2.75) is 57.6 Å². The van der Waals surface area contributed by atoms with Gasteiger partial charge < -0.3 is 19.5 Å². The van der Waals surface area contributed by atoms with Gasteiger partial charge in [0.1, 0.15) is 0 Å². The molecule has 2 aliphatic rings. The van der Waals surface area contributed by atoms with E-state index in [4.69, 9.17) is 4.74 Å². The average molecular weight is 347 g/mol. The van der Waals surface area contributed by atoms with E-state index in [9.17, 15) is 9.59 Å². The summed E-state index contributed by atoms with van der Waals surface area (Å²) in [7, 11) is 0. The molecule has 1 aromatic rings. The Kier molecular flexibility index (Phi) is 5.78. The van der Waals surface area contributed by atoms with Gasteiger partial charge in [-0.3, -0.25) is 4.79 Å². The monoisotopic (exact) mass is 347 g/mol. The predicted molar refractivity (Wildman–Crippen MR) is 96.8 cm³/mol. The molecule has 0 spiro atoms. The maximum atomic E-state index is 12.0. The van der Waals surface area contributed by atoms with Gasteiger partial charge in [-0.2, -0.15) is 0 Å². The van der Waals surface area contributed by atoms with Crippen LogP contribution < -0.4 is 5.56 Å². The Morgan fingerprint density at radius 2 is 1.84 bits per heavy atom. The minimum Gasteiger partial charge on any atom is -0.447 e. The first-order valence-corrected chi connectivity index (χ1v) is 9.41. The molecule has 0 saturated carbocycles. The molecule has 138 valence electrons. The molecule has 2 aliphatic heterocycles. The van der Waals surface area contributed by atoms with Crippen LogP contribution in [0.15, 0.2) is 23.1 Å². The minimum atomic E-state index is -0.179. The summed E-state index contributed by atoms with van der Waals surface area (Å²) >= 11 is 0. The van der Waals surface area contributed by atoms with Crippen molar-refractivity contribution in [3.05, 3.63) is 34.2 Å². The van der Waals surface area contributed by atoms with Gasteiger partial charge >= 0.3 is 6.09 Å². The largest absolute Gasteiger partial charge is 0.447 e. The average Bonchev–Trinajstić information content (AvgIpc) is 2.61. The smallest absolute Gasteiger partial charge is 0.410 e. The molecule has 6 heteroatoms. The molecule has 25 heavy (non-hydrogen) atoms. The SMILES string of the molecule is CC(C)OC(=O)N1CCC(N2CCC(c3cc[nH]c(=O)c3)CC2)CC1. The van der Waals surface area contributed by atoms with Gasteiger partial charge in [0.25, 0.3) is 0 Å². The first-order valence-electron chi connectivity index (χ1n) is 9.41. The summed E-state index contributed by atoms with van der Waals surface area (Å²) in [5.41, 5.74) is 1.15. The zero-order valence-electron chi connectivity index (χ0n) is 15.2. The van der Waals surface area contributed by atoms with E-state index in [2.05, 4.69) is 9.88 Å². The van der Waals surface area contributed by atoms with E-state index < -0.39 is 0 Å². The molecule has 2 fully saturated rings. The van der Waals surface area contributed by atoms with Crippen LogP contribution in [0.25, 0.3) is 0 Å². The van der Waals surface area contributed by atoms with Crippen LogP contribution >= 0.6 is 0 Å². The van der Waals surface area contributed by atoms with E-state index >= 15 is 0 Å². The zero-order chi connectivity index (χ0) is 17.8. The number of rotatable bonds is 3. The number of H-pyrrole nitrogens is 1. The topological polar surface area (TPSA) is 65.6 Å². The van der Waals surface area contributed by atoms with E-state index in [1.165, 1.54) is 0 Å². The predicted octanol–water partition coefficient (Wildman–Crippen LogP) is 2.56. The van der Waals surface area contributed by atoms with Crippen LogP contribution in [-0.4, -0.2) is 59.2 Å². The summed E-state index contributed by atoms with van der Waals surface area (Å²) in [6.07, 6.45) is 5.73. The molecule has 0 atom stereocenters. The zero-order valence-corrected chi connectivity index (χ0v) is 15.2. The fourth-order valence-electron chi connectivity index (χ4n) is 4.00. The molecule has 0 aliphatic carbocycles. The second-order valence-corrected chi connectivity index (χ2v) is 7.45. The van der Waals surface area contributed by atoms with Gasteiger partial charge in [-0.05, 0) is 70.2 Å². The molecule has 1 amide bonds. The summed E-state index contributed by atoms with van der Waals surface area (Å²) in [5, 5.41) is 0. The van der Waals surface area contributed by atoms with Crippen molar-refractivity contribution in [3.8, 4) is 0 Å². The molecular formula is C19H29N3O3. The van der Waals surface area contributed by atoms with Crippen molar-refractivity contribution in [2.24, 2.45) is 0 Å². The highest BCUT2D eigenvalue weighted by molar-refractivity contribution is 5.67. The molecule has 3 rings (SSSR count). The quantitative estimate of drug-likeness (QED) is 0.913. The molecule has 2 saturated heterocycles. The lowest BCUT2D eigenvalue weighted by molar-refractivity contribution is 0.0500. The molecule has 0 aromatic carbocycles. The van der Waals surface area contributed by atoms with Crippen molar-refractivity contribution in [1.29, 1.82) is 0 Å². The Morgan fingerprint density at radius 1 is 1.16 bits per heavy atom. The number of carbonyl (C=O) groups is 1. The number of nitrogens with zero attached hydrogens (tertiary/aromatic N) is 2. The highest BCUT2D eigenvalue weighted by Gasteiger charge is 2.30. The number of hydrogen-bond acceptors (Lipinski definition) is 4. The first-order chi connectivity index (χ1) is 12.0. The number of amides is 1. The maximum Gasteiger partial charge on any atom is 0.410 e. The molecular weight excluding hydrogens is 318 g/mol. The first kappa shape index (κ1) is 18.0. The Morgan fingerprint density at radius 3 is 2.44 bits per heavy atom. The Labute approximate surface area is 149 Å². The van der Waals surface area contributed by atoms with E-state index in [-0.39, 0.29) is 17.8 Å². The Balaban J connectivity index is 1.46. The van der Waals surface area contributed by atoms with Gasteiger partial charge in [0.05, 0.1) is 6.10 Å². The third-order valence-electron chi connectivity index (χ3n) is 5.38. The van der Waals surface area contributed by atoms with E-state index in [1.54, 1.807) is 12.3 Å². The van der Waals surface area contributed by atoms with Crippen LogP contribution in [0, 0.1) is 0 Å². The van der Waals surface area contributed by atoms with Crippen molar-refractivity contribution < 1.29 is 9.53 Å². The minimum absolute atomic E-state index is 0.0133. The Bertz CT molecular complexity index is 627. The summed E-state index contributed by atoms with van der Waals surface area (Å²) in [5.74, 6) is 0.486. The molecule has 0 unspecified atom stereocenters. The van der Waals surface area contributed by atoms with Crippen LogP contribution in [0.1, 0.15) is 51.0 Å². The number of aromatic nitrogens is 1. The van der Waals surface area contributed by atoms with Crippen molar-refractivity contribution in [3.63, 3.8) is 0 Å². The summed E-state index contributed by atoms with van der Waals surface area (Å²) < 4.78 is 5.29. The second kappa shape index (κ2) is 8.04. The number of piperidine rings is 2. The molecule has 6 nitrogen and oxygen atoms in total. The van der Waals surface area contributed by atoms with E-state index in [0.29, 0.717) is 12.0 Å². The third kappa shape index (κ3) is 4.63. The normalized spacial score (nSPS) is 20.8. The van der Waals surface area contributed by atoms with Gasteiger partial charge in [0.15, 0.2) is 0 Å². The van der Waals surface area contributed by atoms with Crippen LogP contribution in [0.3, 0.4) is 0 Å². The second-order valence-electron chi connectivity index (χ2n) is 7.45. The molecule has 3 heterocycles. The highest BCUT2D eigenvalue weighted by atomic mass is 16.6. The third-order valence-corrected chi connectivity index (χ3v) is 5.38. The number of nitrogens with one attached hydrogen (secondary N) is 1. The van der Waals surface area contributed by atoms with Crippen LogP contribution in [-0.2, 0) is 4.74 Å². The summed E-state index contributed by atoms with van der Waals surface area (Å²) in [6, 6.07) is 4.32. The standard InChI is InChI=1S/C19H29N3O3/c1-14(2)25-19(24)22-11-6-17(7-12-22)21-9-4-15(5-10-21)16-3-8-20-18(23)13-16/h3,8,13-15,17H,4-7,9-12H2,1-2H3,(H,20,23). The van der Waals surface area contributed by atoms with Crippen molar-refractivity contribution >= 4 is 6.09 Å². The maximum absolute atomic E-state index is 12.0. The summed E-state index contributed by atoms with van der Waals surface area (Å²) in [4.78, 5) is 30.6. The molecule has 0 bridgehead atoms. The van der Waals surface area contributed by atoms with Crippen molar-refractivity contribution in [2.75, 3.05) is 26.2 Å². The fraction of sp³-hybridized carbons (Fsp3) is 0.684. The van der Waals surface area contributed by atoms with Crippen LogP contribution in [0.2, 0.25) is 0 Å². The number of hydrogen-bond donors (Lipinski definition) is 1. The molecule has 0 radical (unpaired) electrons. The van der Waals surface area contributed by atoms with Gasteiger partial charge in [-0.1, -0.05) is 0 Å². The van der Waals surface area contributed by atoms with Crippen LogP contribution in [0.5, 0.6) is 0 Å². The van der Waals surface area contributed by atoms with Crippen molar-refractivity contribution in [1.82, 2.24) is 14.8 Å². The van der Waals surface area contributed by atoms with E-state index in [1.807, 2.05) is 24.8 Å². The van der Waals surface area contributed by atoms with E-state index in [0.717, 1.165) is 57.4 Å². The number of aromatic amines is 1. The number of pyridine rings is 1. The van der Waals surface area contributed by atoms with Gasteiger partial charge in [0, 0.05) is 31.4 Å². The van der Waals surface area contributed by atoms with Crippen LogP contribution in [0.4, 0.5) is 4.79 Å². The number of ether oxygens (including phenoxy) is 1. The number of carbonyl (C=O) groups excluding carboxylic acids is 1. The molecule has 1 N–H and O–H groups in total. The van der Waals surface area contributed by atoms with Gasteiger partial charge in [0.2, 0.25) is 5.56 Å².